The first-order valence-corrected chi connectivity index (χ1v) is 6.95. The molecule has 1 aromatic carbocycles. The third-order valence-electron chi connectivity index (χ3n) is 2.59. The zero-order chi connectivity index (χ0) is 14.4. The normalized spacial score (nSPS) is 11.4. The molecule has 0 bridgehead atoms. The second kappa shape index (κ2) is 6.73. The van der Waals surface area contributed by atoms with Crippen molar-refractivity contribution in [3.8, 4) is 6.07 Å². The Morgan fingerprint density at radius 3 is 2.80 bits per heavy atom. The number of pyridine rings is 1. The Morgan fingerprint density at radius 1 is 1.35 bits per heavy atom. The van der Waals surface area contributed by atoms with Crippen LogP contribution in [0.25, 0.3) is 0 Å². The Hall–Kier alpha value is -2.32. The summed E-state index contributed by atoms with van der Waals surface area (Å²) < 4.78 is 0. The molecule has 0 saturated heterocycles. The van der Waals surface area contributed by atoms with Crippen molar-refractivity contribution in [3.05, 3.63) is 54.4 Å². The number of hydrogen-bond donors (Lipinski definition) is 1. The van der Waals surface area contributed by atoms with Crippen molar-refractivity contribution in [3.63, 3.8) is 0 Å². The van der Waals surface area contributed by atoms with Gasteiger partial charge in [-0.1, -0.05) is 6.07 Å². The number of anilines is 1. The van der Waals surface area contributed by atoms with Crippen molar-refractivity contribution in [1.29, 1.82) is 5.26 Å². The Balaban J connectivity index is 1.99. The van der Waals surface area contributed by atoms with E-state index in [9.17, 15) is 4.79 Å². The molecule has 2 aromatic rings. The smallest absolute Gasteiger partial charge is 0.237 e. The maximum absolute atomic E-state index is 12.1. The van der Waals surface area contributed by atoms with Crippen LogP contribution >= 0.6 is 11.8 Å². The third-order valence-corrected chi connectivity index (χ3v) is 3.70. The standard InChI is InChI=1S/C15H13N3OS/c1-11(20-14-5-7-17-8-6-14)15(19)18-13-4-2-3-12(9-13)10-16/h2-9,11H,1H3,(H,18,19). The van der Waals surface area contributed by atoms with Crippen LogP contribution in [0.2, 0.25) is 0 Å². The van der Waals surface area contributed by atoms with Gasteiger partial charge in [-0.25, -0.2) is 0 Å². The maximum atomic E-state index is 12.1. The summed E-state index contributed by atoms with van der Waals surface area (Å²) in [6, 6.07) is 12.6. The molecule has 1 unspecified atom stereocenters. The van der Waals surface area contributed by atoms with E-state index in [2.05, 4.69) is 10.3 Å². The lowest BCUT2D eigenvalue weighted by Crippen LogP contribution is -2.22. The highest BCUT2D eigenvalue weighted by Crippen LogP contribution is 2.23. The van der Waals surface area contributed by atoms with Gasteiger partial charge in [0.15, 0.2) is 0 Å². The summed E-state index contributed by atoms with van der Waals surface area (Å²) in [6.45, 7) is 1.84. The van der Waals surface area contributed by atoms with Crippen LogP contribution in [0, 0.1) is 11.3 Å². The SMILES string of the molecule is CC(Sc1ccncc1)C(=O)Nc1cccc(C#N)c1. The Kier molecular flexibility index (Phi) is 4.75. The minimum absolute atomic E-state index is 0.0955. The molecule has 0 aliphatic heterocycles. The minimum atomic E-state index is -0.233. The summed E-state index contributed by atoms with van der Waals surface area (Å²) in [7, 11) is 0. The van der Waals surface area contributed by atoms with Crippen molar-refractivity contribution in [2.45, 2.75) is 17.1 Å². The van der Waals surface area contributed by atoms with Gasteiger partial charge in [0, 0.05) is 23.0 Å². The molecule has 20 heavy (non-hydrogen) atoms. The monoisotopic (exact) mass is 283 g/mol. The van der Waals surface area contributed by atoms with Crippen molar-refractivity contribution in [2.75, 3.05) is 5.32 Å². The van der Waals surface area contributed by atoms with Crippen LogP contribution in [-0.4, -0.2) is 16.1 Å². The van der Waals surface area contributed by atoms with Gasteiger partial charge in [-0.3, -0.25) is 9.78 Å². The van der Waals surface area contributed by atoms with Gasteiger partial charge < -0.3 is 5.32 Å². The lowest BCUT2D eigenvalue weighted by Gasteiger charge is -2.12. The number of hydrogen-bond acceptors (Lipinski definition) is 4. The number of carbonyl (C=O) groups is 1. The number of carbonyl (C=O) groups excluding carboxylic acids is 1. The van der Waals surface area contributed by atoms with Crippen LogP contribution in [0.1, 0.15) is 12.5 Å². The second-order valence-corrected chi connectivity index (χ2v) is 5.54. The first-order chi connectivity index (χ1) is 9.69. The number of thioether (sulfide) groups is 1. The fraction of sp³-hybridized carbons (Fsp3) is 0.133. The molecule has 0 radical (unpaired) electrons. The summed E-state index contributed by atoms with van der Waals surface area (Å²) in [5.74, 6) is -0.0955. The molecule has 0 aliphatic carbocycles. The second-order valence-electron chi connectivity index (χ2n) is 4.12. The fourth-order valence-corrected chi connectivity index (χ4v) is 2.44. The van der Waals surface area contributed by atoms with Gasteiger partial charge >= 0.3 is 0 Å². The number of rotatable bonds is 4. The average molecular weight is 283 g/mol. The number of nitriles is 1. The molecular weight excluding hydrogens is 270 g/mol. The van der Waals surface area contributed by atoms with Gasteiger partial charge in [-0.15, -0.1) is 11.8 Å². The van der Waals surface area contributed by atoms with E-state index < -0.39 is 0 Å². The molecular formula is C15H13N3OS. The molecule has 2 rings (SSSR count). The van der Waals surface area contributed by atoms with Gasteiger partial charge in [-0.05, 0) is 37.3 Å². The number of benzene rings is 1. The summed E-state index contributed by atoms with van der Waals surface area (Å²) in [5.41, 5.74) is 1.16. The topological polar surface area (TPSA) is 65.8 Å². The lowest BCUT2D eigenvalue weighted by atomic mass is 10.2. The number of nitrogens with one attached hydrogen (secondary N) is 1. The zero-order valence-corrected chi connectivity index (χ0v) is 11.7. The Bertz CT molecular complexity index is 637. The zero-order valence-electron chi connectivity index (χ0n) is 10.9. The predicted molar refractivity (Wildman–Crippen MR) is 79.3 cm³/mol. The van der Waals surface area contributed by atoms with E-state index in [0.717, 1.165) is 4.90 Å². The van der Waals surface area contributed by atoms with E-state index in [-0.39, 0.29) is 11.2 Å². The van der Waals surface area contributed by atoms with Gasteiger partial charge in [0.05, 0.1) is 16.9 Å². The van der Waals surface area contributed by atoms with Crippen LogP contribution in [0.15, 0.2) is 53.7 Å². The van der Waals surface area contributed by atoms with E-state index in [4.69, 9.17) is 5.26 Å². The van der Waals surface area contributed by atoms with Crippen LogP contribution in [0.3, 0.4) is 0 Å². The quantitative estimate of drug-likeness (QED) is 0.876. The molecule has 0 saturated carbocycles. The molecule has 0 spiro atoms. The van der Waals surface area contributed by atoms with Gasteiger partial charge in [0.25, 0.3) is 0 Å². The maximum Gasteiger partial charge on any atom is 0.237 e. The number of nitrogens with zero attached hydrogens (tertiary/aromatic N) is 2. The van der Waals surface area contributed by atoms with E-state index in [0.29, 0.717) is 11.3 Å². The van der Waals surface area contributed by atoms with Crippen LogP contribution < -0.4 is 5.32 Å². The van der Waals surface area contributed by atoms with Crippen molar-refractivity contribution in [1.82, 2.24) is 4.98 Å². The van der Waals surface area contributed by atoms with Crippen molar-refractivity contribution < 1.29 is 4.79 Å². The Morgan fingerprint density at radius 2 is 2.10 bits per heavy atom. The van der Waals surface area contributed by atoms with Gasteiger partial charge in [-0.2, -0.15) is 5.26 Å². The van der Waals surface area contributed by atoms with Crippen LogP contribution in [0.5, 0.6) is 0 Å². The highest BCUT2D eigenvalue weighted by Gasteiger charge is 2.14. The first kappa shape index (κ1) is 14.1. The molecule has 5 heteroatoms. The highest BCUT2D eigenvalue weighted by atomic mass is 32.2. The molecule has 1 N–H and O–H groups in total. The molecule has 1 amide bonds. The average Bonchev–Trinajstić information content (AvgIpc) is 2.48. The van der Waals surface area contributed by atoms with Crippen molar-refractivity contribution in [2.24, 2.45) is 0 Å². The summed E-state index contributed by atoms with van der Waals surface area (Å²) >= 11 is 1.46. The summed E-state index contributed by atoms with van der Waals surface area (Å²) in [5, 5.41) is 11.4. The van der Waals surface area contributed by atoms with E-state index >= 15 is 0 Å². The largest absolute Gasteiger partial charge is 0.325 e. The number of amides is 1. The van der Waals surface area contributed by atoms with Crippen LogP contribution in [-0.2, 0) is 4.79 Å². The minimum Gasteiger partial charge on any atom is -0.325 e. The highest BCUT2D eigenvalue weighted by molar-refractivity contribution is 8.00. The molecule has 4 nitrogen and oxygen atoms in total. The lowest BCUT2D eigenvalue weighted by molar-refractivity contribution is -0.115. The molecule has 0 aliphatic rings. The van der Waals surface area contributed by atoms with E-state index in [1.807, 2.05) is 25.1 Å². The number of aromatic nitrogens is 1. The van der Waals surface area contributed by atoms with Crippen LogP contribution in [0.4, 0.5) is 5.69 Å². The molecule has 1 aromatic heterocycles. The summed E-state index contributed by atoms with van der Waals surface area (Å²) in [6.07, 6.45) is 3.40. The summed E-state index contributed by atoms with van der Waals surface area (Å²) in [4.78, 5) is 17.0. The molecule has 1 heterocycles. The van der Waals surface area contributed by atoms with Gasteiger partial charge in [0.2, 0.25) is 5.91 Å². The molecule has 0 fully saturated rings. The fourth-order valence-electron chi connectivity index (χ4n) is 1.58. The predicted octanol–water partition coefficient (Wildman–Crippen LogP) is 3.07. The van der Waals surface area contributed by atoms with E-state index in [1.165, 1.54) is 11.8 Å². The van der Waals surface area contributed by atoms with Crippen molar-refractivity contribution >= 4 is 23.4 Å². The van der Waals surface area contributed by atoms with E-state index in [1.54, 1.807) is 36.7 Å². The van der Waals surface area contributed by atoms with Gasteiger partial charge in [0.1, 0.15) is 0 Å². The molecule has 100 valence electrons. The molecule has 1 atom stereocenters. The Labute approximate surface area is 121 Å². The first-order valence-electron chi connectivity index (χ1n) is 6.07. The third kappa shape index (κ3) is 3.84.